The molecule has 2 heterocycles. The van der Waals surface area contributed by atoms with Crippen molar-refractivity contribution in [1.29, 1.82) is 0 Å². The largest absolute Gasteiger partial charge is 0.373 e. The van der Waals surface area contributed by atoms with Crippen molar-refractivity contribution in [3.8, 4) is 0 Å². The normalized spacial score (nSPS) is 21.5. The van der Waals surface area contributed by atoms with Gasteiger partial charge in [-0.1, -0.05) is 32.6 Å². The molecule has 2 rings (SSSR count). The average Bonchev–Trinajstić information content (AvgIpc) is 2.56. The Morgan fingerprint density at radius 1 is 1.27 bits per heavy atom. The molecule has 1 amide bonds. The second kappa shape index (κ2) is 9.57. The SMILES string of the molecule is CCCCCCCC(=O)N[C@H]1CCO[C@H](c2ccncc2)C1. The minimum atomic E-state index is 0.0756. The van der Waals surface area contributed by atoms with Gasteiger partial charge in [0.15, 0.2) is 0 Å². The number of rotatable bonds is 8. The van der Waals surface area contributed by atoms with E-state index in [0.29, 0.717) is 13.0 Å². The second-order valence-corrected chi connectivity index (χ2v) is 6.09. The summed E-state index contributed by atoms with van der Waals surface area (Å²) in [7, 11) is 0. The predicted octanol–water partition coefficient (Wildman–Crippen LogP) is 3.78. The van der Waals surface area contributed by atoms with Crippen molar-refractivity contribution < 1.29 is 9.53 Å². The zero-order valence-electron chi connectivity index (χ0n) is 13.6. The van der Waals surface area contributed by atoms with Crippen molar-refractivity contribution in [3.05, 3.63) is 30.1 Å². The lowest BCUT2D eigenvalue weighted by Gasteiger charge is -2.30. The number of unbranched alkanes of at least 4 members (excludes halogenated alkanes) is 4. The Bertz CT molecular complexity index is 436. The third-order valence-electron chi connectivity index (χ3n) is 4.23. The number of ether oxygens (including phenoxy) is 1. The Kier molecular flexibility index (Phi) is 7.37. The summed E-state index contributed by atoms with van der Waals surface area (Å²) in [4.78, 5) is 16.1. The van der Waals surface area contributed by atoms with Crippen LogP contribution in [-0.2, 0) is 9.53 Å². The Labute approximate surface area is 133 Å². The number of amides is 1. The molecule has 0 bridgehead atoms. The van der Waals surface area contributed by atoms with Gasteiger partial charge < -0.3 is 10.1 Å². The van der Waals surface area contributed by atoms with E-state index in [2.05, 4.69) is 17.2 Å². The fourth-order valence-corrected chi connectivity index (χ4v) is 2.93. The maximum atomic E-state index is 12.0. The Balaban J connectivity index is 1.70. The van der Waals surface area contributed by atoms with Crippen LogP contribution in [0.5, 0.6) is 0 Å². The monoisotopic (exact) mass is 304 g/mol. The minimum Gasteiger partial charge on any atom is -0.373 e. The van der Waals surface area contributed by atoms with Crippen molar-refractivity contribution in [2.75, 3.05) is 6.61 Å². The lowest BCUT2D eigenvalue weighted by Crippen LogP contribution is -2.39. The number of nitrogens with one attached hydrogen (secondary N) is 1. The van der Waals surface area contributed by atoms with Crippen molar-refractivity contribution in [2.45, 2.75) is 70.4 Å². The zero-order chi connectivity index (χ0) is 15.6. The van der Waals surface area contributed by atoms with E-state index in [1.54, 1.807) is 12.4 Å². The fraction of sp³-hybridized carbons (Fsp3) is 0.667. The van der Waals surface area contributed by atoms with Gasteiger partial charge in [0.1, 0.15) is 0 Å². The Morgan fingerprint density at radius 3 is 2.82 bits per heavy atom. The second-order valence-electron chi connectivity index (χ2n) is 6.09. The van der Waals surface area contributed by atoms with Gasteiger partial charge in [-0.05, 0) is 37.0 Å². The fourth-order valence-electron chi connectivity index (χ4n) is 2.93. The molecule has 4 nitrogen and oxygen atoms in total. The number of carbonyl (C=O) groups excluding carboxylic acids is 1. The highest BCUT2D eigenvalue weighted by atomic mass is 16.5. The van der Waals surface area contributed by atoms with E-state index < -0.39 is 0 Å². The molecule has 0 saturated carbocycles. The third-order valence-corrected chi connectivity index (χ3v) is 4.23. The molecule has 1 fully saturated rings. The highest BCUT2D eigenvalue weighted by Crippen LogP contribution is 2.27. The summed E-state index contributed by atoms with van der Waals surface area (Å²) in [6, 6.07) is 4.21. The van der Waals surface area contributed by atoms with Gasteiger partial charge in [0.2, 0.25) is 5.91 Å². The minimum absolute atomic E-state index is 0.0756. The standard InChI is InChI=1S/C18H28N2O2/c1-2-3-4-5-6-7-18(21)20-16-10-13-22-17(14-16)15-8-11-19-12-9-15/h8-9,11-12,16-17H,2-7,10,13-14H2,1H3,(H,20,21)/t16-,17-/m0/s1. The molecule has 0 aromatic carbocycles. The van der Waals surface area contributed by atoms with Gasteiger partial charge in [-0.2, -0.15) is 0 Å². The van der Waals surface area contributed by atoms with Crippen LogP contribution in [0.2, 0.25) is 0 Å². The maximum Gasteiger partial charge on any atom is 0.220 e. The van der Waals surface area contributed by atoms with Crippen molar-refractivity contribution >= 4 is 5.91 Å². The lowest BCUT2D eigenvalue weighted by atomic mass is 9.98. The van der Waals surface area contributed by atoms with E-state index in [-0.39, 0.29) is 18.1 Å². The molecule has 0 aliphatic carbocycles. The van der Waals surface area contributed by atoms with Gasteiger partial charge in [-0.3, -0.25) is 9.78 Å². The highest BCUT2D eigenvalue weighted by Gasteiger charge is 2.24. The van der Waals surface area contributed by atoms with Crippen LogP contribution in [0.1, 0.15) is 70.0 Å². The van der Waals surface area contributed by atoms with E-state index in [9.17, 15) is 4.79 Å². The first-order valence-electron chi connectivity index (χ1n) is 8.60. The summed E-state index contributed by atoms with van der Waals surface area (Å²) in [6.45, 7) is 2.91. The lowest BCUT2D eigenvalue weighted by molar-refractivity contribution is -0.123. The van der Waals surface area contributed by atoms with Crippen LogP contribution in [-0.4, -0.2) is 23.5 Å². The van der Waals surface area contributed by atoms with E-state index in [0.717, 1.165) is 31.2 Å². The zero-order valence-corrected chi connectivity index (χ0v) is 13.6. The molecule has 0 radical (unpaired) electrons. The molecule has 1 aromatic rings. The van der Waals surface area contributed by atoms with E-state index >= 15 is 0 Å². The summed E-state index contributed by atoms with van der Waals surface area (Å²) in [5, 5.41) is 3.17. The van der Waals surface area contributed by atoms with E-state index in [4.69, 9.17) is 4.74 Å². The number of hydrogen-bond acceptors (Lipinski definition) is 3. The molecule has 122 valence electrons. The predicted molar refractivity (Wildman–Crippen MR) is 87.5 cm³/mol. The molecule has 1 N–H and O–H groups in total. The van der Waals surface area contributed by atoms with Gasteiger partial charge in [0.25, 0.3) is 0 Å². The van der Waals surface area contributed by atoms with Crippen LogP contribution in [0.4, 0.5) is 0 Å². The van der Waals surface area contributed by atoms with Crippen LogP contribution in [0.25, 0.3) is 0 Å². The number of carbonyl (C=O) groups is 1. The first-order chi connectivity index (χ1) is 10.8. The highest BCUT2D eigenvalue weighted by molar-refractivity contribution is 5.76. The van der Waals surface area contributed by atoms with Crippen molar-refractivity contribution in [3.63, 3.8) is 0 Å². The summed E-state index contributed by atoms with van der Waals surface area (Å²) in [5.74, 6) is 0.192. The molecule has 4 heteroatoms. The molecule has 1 aliphatic rings. The molecular weight excluding hydrogens is 276 g/mol. The number of nitrogens with zero attached hydrogens (tertiary/aromatic N) is 1. The van der Waals surface area contributed by atoms with Crippen LogP contribution < -0.4 is 5.32 Å². The molecule has 1 aliphatic heterocycles. The van der Waals surface area contributed by atoms with Gasteiger partial charge in [-0.25, -0.2) is 0 Å². The number of aromatic nitrogens is 1. The Morgan fingerprint density at radius 2 is 2.05 bits per heavy atom. The summed E-state index contributed by atoms with van der Waals surface area (Å²) < 4.78 is 5.82. The first-order valence-corrected chi connectivity index (χ1v) is 8.60. The van der Waals surface area contributed by atoms with Crippen LogP contribution in [0.15, 0.2) is 24.5 Å². The summed E-state index contributed by atoms with van der Waals surface area (Å²) in [5.41, 5.74) is 1.15. The van der Waals surface area contributed by atoms with Gasteiger partial charge in [-0.15, -0.1) is 0 Å². The van der Waals surface area contributed by atoms with Crippen LogP contribution in [0.3, 0.4) is 0 Å². The average molecular weight is 304 g/mol. The molecule has 0 unspecified atom stereocenters. The number of hydrogen-bond donors (Lipinski definition) is 1. The van der Waals surface area contributed by atoms with Crippen molar-refractivity contribution in [1.82, 2.24) is 10.3 Å². The maximum absolute atomic E-state index is 12.0. The molecule has 1 saturated heterocycles. The third kappa shape index (κ3) is 5.76. The molecular formula is C18H28N2O2. The van der Waals surface area contributed by atoms with Gasteiger partial charge in [0.05, 0.1) is 6.10 Å². The smallest absolute Gasteiger partial charge is 0.220 e. The molecule has 2 atom stereocenters. The Hall–Kier alpha value is -1.42. The molecule has 22 heavy (non-hydrogen) atoms. The first kappa shape index (κ1) is 16.9. The van der Waals surface area contributed by atoms with Crippen LogP contribution in [0, 0.1) is 0 Å². The summed E-state index contributed by atoms with van der Waals surface area (Å²) in [6.07, 6.45) is 12.0. The van der Waals surface area contributed by atoms with Gasteiger partial charge in [0, 0.05) is 31.5 Å². The van der Waals surface area contributed by atoms with Gasteiger partial charge >= 0.3 is 0 Å². The summed E-state index contributed by atoms with van der Waals surface area (Å²) >= 11 is 0. The van der Waals surface area contributed by atoms with Crippen LogP contribution >= 0.6 is 0 Å². The van der Waals surface area contributed by atoms with E-state index in [1.807, 2.05) is 12.1 Å². The van der Waals surface area contributed by atoms with E-state index in [1.165, 1.54) is 19.3 Å². The van der Waals surface area contributed by atoms with Crippen molar-refractivity contribution in [2.24, 2.45) is 0 Å². The quantitative estimate of drug-likeness (QED) is 0.744. The molecule has 1 aromatic heterocycles. The molecule has 0 spiro atoms. The topological polar surface area (TPSA) is 51.2 Å². The number of pyridine rings is 1.